The molecule has 19 rings (SSSR count). The number of carbonyl (C=O) groups excluding carboxylic acids is 3. The first-order valence-electron chi connectivity index (χ1n) is 43.8. The number of halogens is 1. The average Bonchev–Trinajstić information content (AvgIpc) is 1.67. The highest BCUT2D eigenvalue weighted by Crippen LogP contribution is 2.45. The number of anilines is 6. The van der Waals surface area contributed by atoms with Crippen LogP contribution in [0.5, 0.6) is 35.3 Å². The number of piperazine rings is 3. The molecule has 9 aromatic rings. The summed E-state index contributed by atoms with van der Waals surface area (Å²) in [4.78, 5) is 96.5. The van der Waals surface area contributed by atoms with E-state index in [2.05, 4.69) is 81.0 Å². The maximum absolute atomic E-state index is 13.9. The summed E-state index contributed by atoms with van der Waals surface area (Å²) in [6.07, 6.45) is 12.2. The topological polar surface area (TPSA) is 278 Å². The van der Waals surface area contributed by atoms with Crippen molar-refractivity contribution in [2.75, 3.05) is 220 Å². The predicted octanol–water partition coefficient (Wildman–Crippen LogP) is 9.23. The largest absolute Gasteiger partial charge is 0.508 e. The maximum atomic E-state index is 13.9. The number of nitrogens with zero attached hydrogens (tertiary/aromatic N) is 19. The zero-order valence-electron chi connectivity index (χ0n) is 70.3. The van der Waals surface area contributed by atoms with Crippen LogP contribution >= 0.6 is 0 Å². The molecular formula is C93H112FN19O10. The Morgan fingerprint density at radius 1 is 0.439 bits per heavy atom. The van der Waals surface area contributed by atoms with Crippen molar-refractivity contribution in [2.45, 2.75) is 77.2 Å². The van der Waals surface area contributed by atoms with Crippen molar-refractivity contribution < 1.29 is 53.0 Å². The number of hydrogen-bond acceptors (Lipinski definition) is 26. The molecule has 1 aliphatic carbocycles. The third-order valence-corrected chi connectivity index (χ3v) is 25.6. The number of morpholine rings is 1. The molecule has 2 unspecified atom stereocenters. The van der Waals surface area contributed by atoms with E-state index in [1.165, 1.54) is 37.7 Å². The molecule has 5 aromatic carbocycles. The predicted molar refractivity (Wildman–Crippen MR) is 474 cm³/mol. The van der Waals surface area contributed by atoms with E-state index in [1.807, 2.05) is 76.5 Å². The van der Waals surface area contributed by atoms with E-state index in [0.29, 0.717) is 156 Å². The van der Waals surface area contributed by atoms with Crippen LogP contribution < -0.4 is 43.6 Å². The number of carbonyl (C=O) groups is 3. The lowest BCUT2D eigenvalue weighted by Crippen LogP contribution is -2.49. The summed E-state index contributed by atoms with van der Waals surface area (Å²) < 4.78 is 37.8. The third kappa shape index (κ3) is 19.7. The zero-order chi connectivity index (χ0) is 84.5. The zero-order valence-corrected chi connectivity index (χ0v) is 70.3. The van der Waals surface area contributed by atoms with Gasteiger partial charge in [0.15, 0.2) is 0 Å². The number of phenolic OH excluding ortho intramolecular Hbond substituents is 3. The van der Waals surface area contributed by atoms with Gasteiger partial charge in [-0.1, -0.05) is 74.3 Å². The number of amides is 3. The Morgan fingerprint density at radius 3 is 1.31 bits per heavy atom. The van der Waals surface area contributed by atoms with Gasteiger partial charge < -0.3 is 83.3 Å². The van der Waals surface area contributed by atoms with Gasteiger partial charge in [-0.2, -0.15) is 29.9 Å². The Morgan fingerprint density at radius 2 is 0.854 bits per heavy atom. The number of fused-ring (bicyclic) bond motifs is 7. The van der Waals surface area contributed by atoms with Gasteiger partial charge in [0.2, 0.25) is 17.7 Å². The van der Waals surface area contributed by atoms with Gasteiger partial charge in [-0.3, -0.25) is 29.2 Å². The van der Waals surface area contributed by atoms with Crippen LogP contribution in [0, 0.1) is 11.8 Å². The molecule has 0 spiro atoms. The van der Waals surface area contributed by atoms with Crippen molar-refractivity contribution >= 4 is 84.7 Å². The van der Waals surface area contributed by atoms with Crippen LogP contribution in [-0.2, 0) is 58.0 Å². The van der Waals surface area contributed by atoms with Crippen molar-refractivity contribution in [3.05, 3.63) is 175 Å². The lowest BCUT2D eigenvalue weighted by molar-refractivity contribution is -0.127. The number of pyridine rings is 1. The molecule has 1 saturated carbocycles. The number of likely N-dealkylation sites (tertiary alicyclic amines) is 2. The Labute approximate surface area is 717 Å². The fourth-order valence-corrected chi connectivity index (χ4v) is 18.9. The third-order valence-electron chi connectivity index (χ3n) is 25.6. The van der Waals surface area contributed by atoms with E-state index in [1.54, 1.807) is 29.3 Å². The molecule has 9 aliphatic heterocycles. The van der Waals surface area contributed by atoms with Gasteiger partial charge in [0.25, 0.3) is 0 Å². The Hall–Kier alpha value is -11.7. The second-order valence-corrected chi connectivity index (χ2v) is 33.5. The number of piperidine rings is 2. The molecule has 646 valence electrons. The van der Waals surface area contributed by atoms with E-state index >= 15 is 0 Å². The van der Waals surface area contributed by atoms with Gasteiger partial charge in [0.05, 0.1) is 74.3 Å². The van der Waals surface area contributed by atoms with Crippen molar-refractivity contribution in [2.24, 2.45) is 11.8 Å². The Balaban J connectivity index is 0.000000131. The number of rotatable bonds is 23. The van der Waals surface area contributed by atoms with Crippen LogP contribution in [0.2, 0.25) is 0 Å². The number of hydrogen-bond donors (Lipinski definition) is 3. The molecule has 0 bridgehead atoms. The molecule has 13 heterocycles. The molecule has 30 heteroatoms. The molecule has 3 amide bonds. The van der Waals surface area contributed by atoms with Crippen molar-refractivity contribution in [3.63, 3.8) is 0 Å². The minimum Gasteiger partial charge on any atom is -0.508 e. The van der Waals surface area contributed by atoms with Gasteiger partial charge in [-0.05, 0) is 123 Å². The normalized spacial score (nSPS) is 19.9. The molecular weight excluding hydrogens is 1560 g/mol. The van der Waals surface area contributed by atoms with Crippen LogP contribution in [0.4, 0.5) is 38.9 Å². The molecule has 123 heavy (non-hydrogen) atoms. The highest BCUT2D eigenvalue weighted by molar-refractivity contribution is 5.97. The lowest BCUT2D eigenvalue weighted by atomic mass is 10.0. The van der Waals surface area contributed by atoms with Gasteiger partial charge >= 0.3 is 18.0 Å². The van der Waals surface area contributed by atoms with Crippen LogP contribution in [0.15, 0.2) is 141 Å². The van der Waals surface area contributed by atoms with Gasteiger partial charge in [0, 0.05) is 219 Å². The van der Waals surface area contributed by atoms with E-state index < -0.39 is 6.17 Å². The first kappa shape index (κ1) is 83.5. The molecule has 4 aromatic heterocycles. The highest BCUT2D eigenvalue weighted by atomic mass is 19.1. The summed E-state index contributed by atoms with van der Waals surface area (Å²) in [6, 6.07) is 32.0. The summed E-state index contributed by atoms with van der Waals surface area (Å²) >= 11 is 0. The first-order valence-corrected chi connectivity index (χ1v) is 43.8. The number of alkyl halides is 1. The molecule has 29 nitrogen and oxygen atoms in total. The van der Waals surface area contributed by atoms with Gasteiger partial charge in [-0.25, -0.2) is 4.39 Å². The standard InChI is InChI=1S/C32H38N6O3.C31H37FN6O3.C30H37N7O4/c1-2-30(40)36-11-13-37(14-12-36)31-27-8-10-38(29-18-25(39)17-22-6-3-4-7-26(22)29)21-28(27)33-32(34-31)41-15-5-9-35-19-23-16-24(23)20-35;1-2-29(40)36-12-14-37(15-13-36)30-26-9-11-38(28-19-24(39)18-22-6-3-4-8-25(22)28)21-27(26)33-31(34-30)41-17-16-35-10-5-7-23(32)20-35;1-2-27(39)35-10-12-36(13-11-35)29-24-6-9-37(26-20-23(38)19-22-5-3-7-31-28(22)26)21-25(24)32-30(33-29)41-16-4-8-34-14-17-40-18-15-34/h2-4,6-7,17-18,23-24,39H,1,5,8-16,19-21H2;2-4,6,8,18-19,23,39H,1,5,7,9-17,20-21H2;2-3,5,7,19-20,38H,1,4,6,8-18,21H2/t;23-;/m.1./s1. The number of benzene rings is 5. The van der Waals surface area contributed by atoms with Crippen molar-refractivity contribution in [3.8, 4) is 35.3 Å². The summed E-state index contributed by atoms with van der Waals surface area (Å²) in [5, 5.41) is 36.5. The van der Waals surface area contributed by atoms with Crippen LogP contribution in [-0.4, -0.2) is 294 Å². The summed E-state index contributed by atoms with van der Waals surface area (Å²) in [6.45, 7) is 34.1. The number of aromatic hydroxyl groups is 3. The van der Waals surface area contributed by atoms with Gasteiger partial charge in [0.1, 0.15) is 47.5 Å². The SMILES string of the molecule is C=CC(=O)N1CCN(c2nc(OCCCN3CC4CC4C3)nc3c2CCN(c2cc(O)cc4ccccc24)C3)CC1.C=CC(=O)N1CCN(c2nc(OCCCN3CCOCC3)nc3c2CCN(c2cc(O)cc4cccnc24)C3)CC1.C=CC(=O)N1CCN(c2nc(OCCN3CCC[C@@H](F)C3)nc3c2CCN(c2cc(O)cc4ccccc24)C3)CC1. The Kier molecular flexibility index (Phi) is 26.0. The van der Waals surface area contributed by atoms with E-state index in [4.69, 9.17) is 48.9 Å². The quantitative estimate of drug-likeness (QED) is 0.0397. The second-order valence-electron chi connectivity index (χ2n) is 33.5. The molecule has 7 fully saturated rings. The number of aromatic nitrogens is 7. The van der Waals surface area contributed by atoms with Crippen LogP contribution in [0.25, 0.3) is 32.4 Å². The Bertz CT molecular complexity index is 5120. The minimum atomic E-state index is -0.776. The molecule has 3 atom stereocenters. The number of phenols is 3. The van der Waals surface area contributed by atoms with E-state index in [9.17, 15) is 34.1 Å². The smallest absolute Gasteiger partial charge is 0.318 e. The second kappa shape index (κ2) is 38.4. The van der Waals surface area contributed by atoms with E-state index in [0.717, 1.165) is 217 Å². The minimum absolute atomic E-state index is 0.0253. The van der Waals surface area contributed by atoms with E-state index in [-0.39, 0.29) is 35.0 Å². The monoisotopic (exact) mass is 1670 g/mol. The molecule has 10 aliphatic rings. The van der Waals surface area contributed by atoms with Crippen LogP contribution in [0.1, 0.15) is 65.9 Å². The molecule has 3 N–H and O–H groups in total. The lowest BCUT2D eigenvalue weighted by Gasteiger charge is -2.38. The van der Waals surface area contributed by atoms with Crippen LogP contribution in [0.3, 0.4) is 0 Å². The highest BCUT2D eigenvalue weighted by Gasteiger charge is 2.45. The number of ether oxygens (including phenoxy) is 4. The maximum Gasteiger partial charge on any atom is 0.318 e. The fourth-order valence-electron chi connectivity index (χ4n) is 18.9. The summed E-state index contributed by atoms with van der Waals surface area (Å²) in [7, 11) is 0. The summed E-state index contributed by atoms with van der Waals surface area (Å²) in [5.41, 5.74) is 9.86. The van der Waals surface area contributed by atoms with Crippen molar-refractivity contribution in [1.29, 1.82) is 0 Å². The molecule has 0 radical (unpaired) electrons. The fraction of sp³-hybridized carbons (Fsp3) is 0.462. The van der Waals surface area contributed by atoms with Crippen molar-refractivity contribution in [1.82, 2.24) is 64.3 Å². The summed E-state index contributed by atoms with van der Waals surface area (Å²) in [5.74, 6) is 5.15. The average molecular weight is 1680 g/mol. The van der Waals surface area contributed by atoms with Gasteiger partial charge in [-0.15, -0.1) is 0 Å². The first-order chi connectivity index (χ1) is 60.1. The molecule has 6 saturated heterocycles.